The molecule has 0 aliphatic heterocycles. The Balaban J connectivity index is 2.39. The summed E-state index contributed by atoms with van der Waals surface area (Å²) in [6.45, 7) is 6.00. The summed E-state index contributed by atoms with van der Waals surface area (Å²) >= 11 is 0. The van der Waals surface area contributed by atoms with Crippen molar-refractivity contribution >= 4 is 5.69 Å². The highest BCUT2D eigenvalue weighted by Gasteiger charge is 2.16. The average Bonchev–Trinajstić information content (AvgIpc) is 2.33. The van der Waals surface area contributed by atoms with Crippen LogP contribution in [0.4, 0.5) is 5.69 Å². The van der Waals surface area contributed by atoms with Crippen LogP contribution in [0.2, 0.25) is 0 Å². The van der Waals surface area contributed by atoms with Gasteiger partial charge in [0.2, 0.25) is 0 Å². The van der Waals surface area contributed by atoms with Crippen molar-refractivity contribution in [3.8, 4) is 0 Å². The predicted octanol–water partition coefficient (Wildman–Crippen LogP) is 2.59. The third kappa shape index (κ3) is 2.03. The van der Waals surface area contributed by atoms with E-state index in [1.54, 1.807) is 6.20 Å². The number of hydrogen-bond donors (Lipinski definition) is 2. The Kier molecular flexibility index (Phi) is 3.13. The summed E-state index contributed by atoms with van der Waals surface area (Å²) in [6.07, 6.45) is 6.86. The van der Waals surface area contributed by atoms with Crippen molar-refractivity contribution < 1.29 is 0 Å². The van der Waals surface area contributed by atoms with Crippen molar-refractivity contribution in [3.05, 3.63) is 40.0 Å². The van der Waals surface area contributed by atoms with Gasteiger partial charge in [-0.25, -0.2) is 0 Å². The van der Waals surface area contributed by atoms with Crippen LogP contribution in [-0.2, 0) is 12.8 Å². The summed E-state index contributed by atoms with van der Waals surface area (Å²) in [7, 11) is 0. The van der Waals surface area contributed by atoms with Gasteiger partial charge in [-0.2, -0.15) is 0 Å². The average molecular weight is 218 g/mol. The van der Waals surface area contributed by atoms with Gasteiger partial charge in [-0.15, -0.1) is 0 Å². The van der Waals surface area contributed by atoms with E-state index in [1.807, 2.05) is 0 Å². The lowest BCUT2D eigenvalue weighted by atomic mass is 9.92. The number of pyridine rings is 1. The summed E-state index contributed by atoms with van der Waals surface area (Å²) in [5, 5.41) is 3.28. The molecule has 0 atom stereocenters. The van der Waals surface area contributed by atoms with Gasteiger partial charge >= 0.3 is 0 Å². The van der Waals surface area contributed by atoms with Crippen LogP contribution in [0.5, 0.6) is 0 Å². The Morgan fingerprint density at radius 3 is 2.81 bits per heavy atom. The summed E-state index contributed by atoms with van der Waals surface area (Å²) < 4.78 is 0. The van der Waals surface area contributed by atoms with Crippen LogP contribution in [0.1, 0.15) is 37.3 Å². The van der Waals surface area contributed by atoms with Gasteiger partial charge < -0.3 is 10.3 Å². The van der Waals surface area contributed by atoms with E-state index in [9.17, 15) is 4.79 Å². The van der Waals surface area contributed by atoms with Gasteiger partial charge in [-0.3, -0.25) is 4.79 Å². The molecule has 1 heterocycles. The number of allylic oxidation sites excluding steroid dienone is 1. The Hall–Kier alpha value is -1.51. The quantitative estimate of drug-likeness (QED) is 0.819. The van der Waals surface area contributed by atoms with E-state index in [0.717, 1.165) is 42.6 Å². The number of aromatic amines is 1. The van der Waals surface area contributed by atoms with Crippen molar-refractivity contribution in [2.75, 3.05) is 5.32 Å². The second-order valence-corrected chi connectivity index (χ2v) is 4.28. The molecule has 0 saturated heterocycles. The third-order valence-electron chi connectivity index (χ3n) is 3.15. The second kappa shape index (κ2) is 4.56. The maximum absolute atomic E-state index is 11.7. The fraction of sp³-hybridized carbons (Fsp3) is 0.462. The fourth-order valence-electron chi connectivity index (χ4n) is 2.16. The molecular formula is C13H18N2O. The van der Waals surface area contributed by atoms with Crippen molar-refractivity contribution in [2.24, 2.45) is 0 Å². The van der Waals surface area contributed by atoms with Crippen molar-refractivity contribution in [2.45, 2.75) is 39.0 Å². The van der Waals surface area contributed by atoms with E-state index in [4.69, 9.17) is 0 Å². The lowest BCUT2D eigenvalue weighted by Gasteiger charge is -2.19. The summed E-state index contributed by atoms with van der Waals surface area (Å²) in [6, 6.07) is 0. The SMILES string of the molecule is C=C(CC)Nc1c[nH]c(=O)c2c1CCCC2. The van der Waals surface area contributed by atoms with E-state index in [2.05, 4.69) is 23.8 Å². The monoisotopic (exact) mass is 218 g/mol. The first kappa shape index (κ1) is 11.0. The molecule has 0 bridgehead atoms. The van der Waals surface area contributed by atoms with Crippen LogP contribution in [0.15, 0.2) is 23.3 Å². The number of hydrogen-bond acceptors (Lipinski definition) is 2. The lowest BCUT2D eigenvalue weighted by molar-refractivity contribution is 0.678. The molecule has 16 heavy (non-hydrogen) atoms. The van der Waals surface area contributed by atoms with Crippen LogP contribution in [0, 0.1) is 0 Å². The van der Waals surface area contributed by atoms with Crippen LogP contribution < -0.4 is 10.9 Å². The maximum Gasteiger partial charge on any atom is 0.251 e. The predicted molar refractivity (Wildman–Crippen MR) is 66.8 cm³/mol. The third-order valence-corrected chi connectivity index (χ3v) is 3.15. The number of fused-ring (bicyclic) bond motifs is 1. The molecule has 0 radical (unpaired) electrons. The molecule has 1 aliphatic carbocycles. The molecule has 3 heteroatoms. The topological polar surface area (TPSA) is 44.9 Å². The number of nitrogens with one attached hydrogen (secondary N) is 2. The Labute approximate surface area is 95.6 Å². The molecule has 1 aromatic heterocycles. The zero-order chi connectivity index (χ0) is 11.5. The molecule has 0 amide bonds. The minimum atomic E-state index is 0.0716. The van der Waals surface area contributed by atoms with E-state index in [1.165, 1.54) is 12.0 Å². The molecular weight excluding hydrogens is 200 g/mol. The molecule has 3 nitrogen and oxygen atoms in total. The minimum absolute atomic E-state index is 0.0716. The van der Waals surface area contributed by atoms with E-state index < -0.39 is 0 Å². The zero-order valence-electron chi connectivity index (χ0n) is 9.73. The van der Waals surface area contributed by atoms with Crippen molar-refractivity contribution in [3.63, 3.8) is 0 Å². The van der Waals surface area contributed by atoms with E-state index >= 15 is 0 Å². The van der Waals surface area contributed by atoms with Gasteiger partial charge in [0.15, 0.2) is 0 Å². The molecule has 2 rings (SSSR count). The van der Waals surface area contributed by atoms with Gasteiger partial charge in [-0.05, 0) is 37.7 Å². The standard InChI is InChI=1S/C13H18N2O/c1-3-9(2)15-12-8-14-13(16)11-7-5-4-6-10(11)12/h8,15H,2-7H2,1H3,(H,14,16). The number of aromatic nitrogens is 1. The number of rotatable bonds is 3. The van der Waals surface area contributed by atoms with Crippen LogP contribution >= 0.6 is 0 Å². The molecule has 1 aliphatic rings. The molecule has 0 fully saturated rings. The van der Waals surface area contributed by atoms with Gasteiger partial charge in [0.1, 0.15) is 0 Å². The molecule has 0 aromatic carbocycles. The normalized spacial score (nSPS) is 14.3. The van der Waals surface area contributed by atoms with E-state index in [-0.39, 0.29) is 5.56 Å². The fourth-order valence-corrected chi connectivity index (χ4v) is 2.16. The van der Waals surface area contributed by atoms with Gasteiger partial charge in [0.05, 0.1) is 5.69 Å². The van der Waals surface area contributed by atoms with Gasteiger partial charge in [-0.1, -0.05) is 13.5 Å². The Morgan fingerprint density at radius 2 is 2.12 bits per heavy atom. The zero-order valence-corrected chi connectivity index (χ0v) is 9.73. The number of H-pyrrole nitrogens is 1. The highest BCUT2D eigenvalue weighted by atomic mass is 16.1. The van der Waals surface area contributed by atoms with Crippen molar-refractivity contribution in [1.82, 2.24) is 4.98 Å². The Bertz CT molecular complexity index is 459. The summed E-state index contributed by atoms with van der Waals surface area (Å²) in [4.78, 5) is 14.5. The smallest absolute Gasteiger partial charge is 0.251 e. The first-order valence-electron chi connectivity index (χ1n) is 5.90. The molecule has 0 spiro atoms. The second-order valence-electron chi connectivity index (χ2n) is 4.28. The molecule has 1 aromatic rings. The molecule has 86 valence electrons. The number of anilines is 1. The molecule has 2 N–H and O–H groups in total. The first-order chi connectivity index (χ1) is 7.72. The van der Waals surface area contributed by atoms with Crippen LogP contribution in [0.25, 0.3) is 0 Å². The van der Waals surface area contributed by atoms with Crippen LogP contribution in [0.3, 0.4) is 0 Å². The van der Waals surface area contributed by atoms with Gasteiger partial charge in [0, 0.05) is 17.5 Å². The van der Waals surface area contributed by atoms with E-state index in [0.29, 0.717) is 0 Å². The van der Waals surface area contributed by atoms with Crippen LogP contribution in [-0.4, -0.2) is 4.98 Å². The Morgan fingerprint density at radius 1 is 1.44 bits per heavy atom. The van der Waals surface area contributed by atoms with Crippen molar-refractivity contribution in [1.29, 1.82) is 0 Å². The maximum atomic E-state index is 11.7. The summed E-state index contributed by atoms with van der Waals surface area (Å²) in [5.74, 6) is 0. The highest BCUT2D eigenvalue weighted by Crippen LogP contribution is 2.25. The molecule has 0 saturated carbocycles. The first-order valence-corrected chi connectivity index (χ1v) is 5.90. The van der Waals surface area contributed by atoms with Gasteiger partial charge in [0.25, 0.3) is 5.56 Å². The lowest BCUT2D eigenvalue weighted by Crippen LogP contribution is -2.20. The minimum Gasteiger partial charge on any atom is -0.358 e. The largest absolute Gasteiger partial charge is 0.358 e. The highest BCUT2D eigenvalue weighted by molar-refractivity contribution is 5.56. The summed E-state index contributed by atoms with van der Waals surface area (Å²) in [5.41, 5.74) is 4.23. The molecule has 0 unspecified atom stereocenters.